The molecule has 102 valence electrons. The van der Waals surface area contributed by atoms with Gasteiger partial charge in [0, 0.05) is 13.3 Å². The molecule has 0 spiro atoms. The molecule has 0 radical (unpaired) electrons. The summed E-state index contributed by atoms with van der Waals surface area (Å²) in [4.78, 5) is 4.04. The SMILES string of the molecule is CO[Si](C)(C)CCCS(=O)(=O)Cc1ccccn1. The topological polar surface area (TPSA) is 56.3 Å². The van der Waals surface area contributed by atoms with Crippen LogP contribution in [0.3, 0.4) is 0 Å². The van der Waals surface area contributed by atoms with Gasteiger partial charge in [-0.15, -0.1) is 0 Å². The van der Waals surface area contributed by atoms with Gasteiger partial charge in [0.25, 0.3) is 0 Å². The second kappa shape index (κ2) is 6.45. The summed E-state index contributed by atoms with van der Waals surface area (Å²) in [6.07, 6.45) is 2.29. The monoisotopic (exact) mass is 287 g/mol. The maximum atomic E-state index is 11.9. The Morgan fingerprint density at radius 2 is 2.06 bits per heavy atom. The van der Waals surface area contributed by atoms with Crippen molar-refractivity contribution >= 4 is 18.2 Å². The molecule has 1 heterocycles. The third-order valence-electron chi connectivity index (χ3n) is 2.88. The van der Waals surface area contributed by atoms with Crippen LogP contribution in [-0.4, -0.2) is 34.6 Å². The summed E-state index contributed by atoms with van der Waals surface area (Å²) in [7, 11) is -3.01. The zero-order chi connectivity index (χ0) is 13.6. The first kappa shape index (κ1) is 15.3. The van der Waals surface area contributed by atoms with E-state index in [0.717, 1.165) is 6.04 Å². The van der Waals surface area contributed by atoms with E-state index in [9.17, 15) is 8.42 Å². The summed E-state index contributed by atoms with van der Waals surface area (Å²) >= 11 is 0. The maximum absolute atomic E-state index is 11.9. The van der Waals surface area contributed by atoms with Crippen LogP contribution in [0.2, 0.25) is 19.1 Å². The highest BCUT2D eigenvalue weighted by Gasteiger charge is 2.21. The van der Waals surface area contributed by atoms with Crippen molar-refractivity contribution in [3.8, 4) is 0 Å². The maximum Gasteiger partial charge on any atom is 0.186 e. The van der Waals surface area contributed by atoms with Crippen LogP contribution in [0.25, 0.3) is 0 Å². The molecule has 0 saturated carbocycles. The lowest BCUT2D eigenvalue weighted by Crippen LogP contribution is -2.29. The summed E-state index contributed by atoms with van der Waals surface area (Å²) in [6.45, 7) is 4.19. The molecule has 0 aromatic carbocycles. The Kier molecular flexibility index (Phi) is 5.49. The molecular formula is C12H21NO3SSi. The van der Waals surface area contributed by atoms with Gasteiger partial charge < -0.3 is 4.43 Å². The Balaban J connectivity index is 2.46. The predicted molar refractivity (Wildman–Crippen MR) is 75.6 cm³/mol. The first-order valence-corrected chi connectivity index (χ1v) is 10.9. The predicted octanol–water partition coefficient (Wildman–Crippen LogP) is 2.24. The summed E-state index contributed by atoms with van der Waals surface area (Å²) in [5, 5.41) is 0. The molecule has 0 bridgehead atoms. The summed E-state index contributed by atoms with van der Waals surface area (Å²) in [6, 6.07) is 6.19. The number of nitrogens with zero attached hydrogens (tertiary/aromatic N) is 1. The molecule has 0 fully saturated rings. The molecule has 1 rings (SSSR count). The summed E-state index contributed by atoms with van der Waals surface area (Å²) < 4.78 is 29.2. The Hall–Kier alpha value is -0.723. The van der Waals surface area contributed by atoms with E-state index in [1.807, 2.05) is 0 Å². The van der Waals surface area contributed by atoms with Crippen molar-refractivity contribution < 1.29 is 12.8 Å². The van der Waals surface area contributed by atoms with Gasteiger partial charge in [-0.25, -0.2) is 8.42 Å². The lowest BCUT2D eigenvalue weighted by atomic mass is 10.4. The highest BCUT2D eigenvalue weighted by Crippen LogP contribution is 2.14. The van der Waals surface area contributed by atoms with Crippen molar-refractivity contribution in [2.24, 2.45) is 0 Å². The minimum Gasteiger partial charge on any atom is -0.420 e. The van der Waals surface area contributed by atoms with Gasteiger partial charge in [0.15, 0.2) is 18.2 Å². The van der Waals surface area contributed by atoms with Crippen LogP contribution in [-0.2, 0) is 20.0 Å². The van der Waals surface area contributed by atoms with Gasteiger partial charge >= 0.3 is 0 Å². The number of hydrogen-bond donors (Lipinski definition) is 0. The third kappa shape index (κ3) is 5.75. The number of hydrogen-bond acceptors (Lipinski definition) is 4. The van der Waals surface area contributed by atoms with Gasteiger partial charge in [-0.3, -0.25) is 4.98 Å². The van der Waals surface area contributed by atoms with Crippen molar-refractivity contribution in [2.45, 2.75) is 31.3 Å². The van der Waals surface area contributed by atoms with Gasteiger partial charge in [0.05, 0.1) is 17.2 Å². The second-order valence-electron chi connectivity index (χ2n) is 4.98. The van der Waals surface area contributed by atoms with Crippen LogP contribution in [0.4, 0.5) is 0 Å². The highest BCUT2D eigenvalue weighted by molar-refractivity contribution is 7.90. The average molecular weight is 287 g/mol. The quantitative estimate of drug-likeness (QED) is 0.722. The molecule has 0 N–H and O–H groups in total. The van der Waals surface area contributed by atoms with E-state index in [-0.39, 0.29) is 11.5 Å². The summed E-state index contributed by atoms with van der Waals surface area (Å²) in [5.74, 6) is 0.242. The van der Waals surface area contributed by atoms with E-state index in [1.165, 1.54) is 0 Å². The van der Waals surface area contributed by atoms with Crippen LogP contribution in [0.15, 0.2) is 24.4 Å². The van der Waals surface area contributed by atoms with Crippen LogP contribution >= 0.6 is 0 Å². The Bertz CT molecular complexity index is 459. The van der Waals surface area contributed by atoms with E-state index in [2.05, 4.69) is 18.1 Å². The van der Waals surface area contributed by atoms with E-state index < -0.39 is 18.2 Å². The molecule has 0 atom stereocenters. The van der Waals surface area contributed by atoms with Crippen molar-refractivity contribution in [1.29, 1.82) is 0 Å². The van der Waals surface area contributed by atoms with Gasteiger partial charge in [0.2, 0.25) is 0 Å². The van der Waals surface area contributed by atoms with Gasteiger partial charge in [0.1, 0.15) is 0 Å². The fraction of sp³-hybridized carbons (Fsp3) is 0.583. The van der Waals surface area contributed by atoms with E-state index >= 15 is 0 Å². The standard InChI is InChI=1S/C12H21NO3SSi/c1-16-18(2,3)10-6-9-17(14,15)11-12-7-4-5-8-13-12/h4-5,7-8H,6,9-11H2,1-3H3. The van der Waals surface area contributed by atoms with Crippen molar-refractivity contribution in [2.75, 3.05) is 12.9 Å². The zero-order valence-corrected chi connectivity index (χ0v) is 13.0. The smallest absolute Gasteiger partial charge is 0.186 e. The average Bonchev–Trinajstić information content (AvgIpc) is 2.29. The molecule has 0 saturated heterocycles. The molecule has 0 unspecified atom stereocenters. The Morgan fingerprint density at radius 3 is 2.61 bits per heavy atom. The number of pyridine rings is 1. The highest BCUT2D eigenvalue weighted by atomic mass is 32.2. The first-order chi connectivity index (χ1) is 8.35. The van der Waals surface area contributed by atoms with Crippen LogP contribution in [0.5, 0.6) is 0 Å². The first-order valence-electron chi connectivity index (χ1n) is 6.00. The molecule has 1 aromatic heterocycles. The molecule has 0 amide bonds. The fourth-order valence-electron chi connectivity index (χ4n) is 1.60. The van der Waals surface area contributed by atoms with Crippen LogP contribution in [0.1, 0.15) is 12.1 Å². The Morgan fingerprint density at radius 1 is 1.33 bits per heavy atom. The minimum atomic E-state index is -3.06. The lowest BCUT2D eigenvalue weighted by Gasteiger charge is -2.19. The molecule has 1 aromatic rings. The molecule has 4 nitrogen and oxygen atoms in total. The van der Waals surface area contributed by atoms with Crippen molar-refractivity contribution in [3.63, 3.8) is 0 Å². The summed E-state index contributed by atoms with van der Waals surface area (Å²) in [5.41, 5.74) is 0.612. The van der Waals surface area contributed by atoms with Gasteiger partial charge in [-0.05, 0) is 37.7 Å². The number of aromatic nitrogens is 1. The van der Waals surface area contributed by atoms with E-state index in [4.69, 9.17) is 4.43 Å². The molecule has 0 aliphatic rings. The van der Waals surface area contributed by atoms with Crippen LogP contribution in [0, 0.1) is 0 Å². The molecule has 6 heteroatoms. The number of sulfone groups is 1. The largest absolute Gasteiger partial charge is 0.420 e. The fourth-order valence-corrected chi connectivity index (χ4v) is 4.44. The van der Waals surface area contributed by atoms with Gasteiger partial charge in [-0.1, -0.05) is 6.07 Å². The van der Waals surface area contributed by atoms with Gasteiger partial charge in [-0.2, -0.15) is 0 Å². The normalized spacial score (nSPS) is 12.6. The zero-order valence-electron chi connectivity index (χ0n) is 11.2. The molecule has 0 aliphatic carbocycles. The minimum absolute atomic E-state index is 0.0306. The van der Waals surface area contributed by atoms with Crippen molar-refractivity contribution in [1.82, 2.24) is 4.98 Å². The molecule has 0 aliphatic heterocycles. The van der Waals surface area contributed by atoms with Crippen molar-refractivity contribution in [3.05, 3.63) is 30.1 Å². The lowest BCUT2D eigenvalue weighted by molar-refractivity contribution is 0.403. The number of rotatable bonds is 7. The third-order valence-corrected chi connectivity index (χ3v) is 7.19. The van der Waals surface area contributed by atoms with E-state index in [1.54, 1.807) is 31.5 Å². The molecular weight excluding hydrogens is 266 g/mol. The molecule has 18 heavy (non-hydrogen) atoms. The van der Waals surface area contributed by atoms with E-state index in [0.29, 0.717) is 12.1 Å². The van der Waals surface area contributed by atoms with Crippen LogP contribution < -0.4 is 0 Å². The Labute approximate surface area is 110 Å². The second-order valence-corrected chi connectivity index (χ2v) is 11.6.